The molecule has 0 bridgehead atoms. The van der Waals surface area contributed by atoms with Crippen LogP contribution in [0.5, 0.6) is 0 Å². The van der Waals surface area contributed by atoms with Gasteiger partial charge < -0.3 is 10.2 Å². The molecule has 0 spiro atoms. The second-order valence-electron chi connectivity index (χ2n) is 6.42. The van der Waals surface area contributed by atoms with Gasteiger partial charge in [-0.05, 0) is 64.3 Å². The molecule has 1 saturated heterocycles. The largest absolute Gasteiger partial charge is 0.352 e. The molecule has 1 aliphatic heterocycles. The maximum absolute atomic E-state index is 12.0. The molecule has 0 aromatic heterocycles. The lowest BCUT2D eigenvalue weighted by Crippen LogP contribution is -2.39. The van der Waals surface area contributed by atoms with Crippen molar-refractivity contribution < 1.29 is 4.79 Å². The Balaban J connectivity index is 1.62. The summed E-state index contributed by atoms with van der Waals surface area (Å²) in [5, 5.41) is 3.02. The van der Waals surface area contributed by atoms with Gasteiger partial charge in [-0.1, -0.05) is 31.0 Å². The Bertz CT molecular complexity index is 455. The van der Waals surface area contributed by atoms with Crippen LogP contribution in [0.2, 0.25) is 0 Å². The predicted molar refractivity (Wildman–Crippen MR) is 92.2 cm³/mol. The molecule has 1 aromatic carbocycles. The fourth-order valence-corrected chi connectivity index (χ4v) is 3.27. The van der Waals surface area contributed by atoms with Gasteiger partial charge in [0.15, 0.2) is 0 Å². The van der Waals surface area contributed by atoms with Crippen molar-refractivity contribution in [3.05, 3.63) is 35.4 Å². The number of hydrogen-bond acceptors (Lipinski definition) is 2. The van der Waals surface area contributed by atoms with Crippen molar-refractivity contribution in [3.8, 4) is 0 Å². The number of carbonyl (C=O) groups excluding carboxylic acids is 1. The van der Waals surface area contributed by atoms with E-state index in [9.17, 15) is 4.79 Å². The molecule has 0 saturated carbocycles. The first-order valence-corrected chi connectivity index (χ1v) is 8.79. The van der Waals surface area contributed by atoms with Crippen LogP contribution < -0.4 is 5.32 Å². The van der Waals surface area contributed by atoms with Gasteiger partial charge in [0.05, 0.1) is 0 Å². The van der Waals surface area contributed by atoms with Gasteiger partial charge in [-0.3, -0.25) is 4.79 Å². The van der Waals surface area contributed by atoms with Crippen LogP contribution >= 0.6 is 0 Å². The van der Waals surface area contributed by atoms with Crippen LogP contribution in [-0.4, -0.2) is 36.5 Å². The number of likely N-dealkylation sites (tertiary alicyclic amines) is 1. The van der Waals surface area contributed by atoms with Gasteiger partial charge in [0.25, 0.3) is 5.91 Å². The lowest BCUT2D eigenvalue weighted by molar-refractivity contribution is 0.0951. The molecule has 1 aromatic rings. The molecule has 122 valence electrons. The van der Waals surface area contributed by atoms with Crippen LogP contribution in [0.4, 0.5) is 0 Å². The molecule has 22 heavy (non-hydrogen) atoms. The summed E-state index contributed by atoms with van der Waals surface area (Å²) in [7, 11) is 0. The fraction of sp³-hybridized carbons (Fsp3) is 0.632. The molecule has 1 unspecified atom stereocenters. The third-order valence-electron chi connectivity index (χ3n) is 4.69. The van der Waals surface area contributed by atoms with E-state index in [2.05, 4.69) is 17.1 Å². The summed E-state index contributed by atoms with van der Waals surface area (Å²) in [5.74, 6) is 0.0457. The van der Waals surface area contributed by atoms with Crippen molar-refractivity contribution in [2.75, 3.05) is 19.6 Å². The smallest absolute Gasteiger partial charge is 0.251 e. The summed E-state index contributed by atoms with van der Waals surface area (Å²) >= 11 is 0. The molecule has 1 N–H and O–H groups in total. The molecule has 1 aliphatic rings. The molecule has 1 atom stereocenters. The van der Waals surface area contributed by atoms with Crippen LogP contribution in [-0.2, 0) is 0 Å². The van der Waals surface area contributed by atoms with E-state index in [0.29, 0.717) is 0 Å². The Morgan fingerprint density at radius 3 is 2.73 bits per heavy atom. The van der Waals surface area contributed by atoms with Crippen molar-refractivity contribution in [1.29, 1.82) is 0 Å². The number of amides is 1. The number of piperidine rings is 1. The number of benzene rings is 1. The van der Waals surface area contributed by atoms with E-state index in [1.807, 2.05) is 31.2 Å². The van der Waals surface area contributed by atoms with Crippen LogP contribution in [0.15, 0.2) is 24.3 Å². The van der Waals surface area contributed by atoms with Gasteiger partial charge in [0.1, 0.15) is 0 Å². The monoisotopic (exact) mass is 302 g/mol. The first-order valence-electron chi connectivity index (χ1n) is 8.79. The number of carbonyl (C=O) groups is 1. The second kappa shape index (κ2) is 8.94. The Morgan fingerprint density at radius 1 is 1.23 bits per heavy atom. The second-order valence-corrected chi connectivity index (χ2v) is 6.42. The highest BCUT2D eigenvalue weighted by Crippen LogP contribution is 2.19. The topological polar surface area (TPSA) is 32.3 Å². The molecule has 0 aliphatic carbocycles. The first-order chi connectivity index (χ1) is 10.7. The Hall–Kier alpha value is -1.35. The first kappa shape index (κ1) is 17.0. The van der Waals surface area contributed by atoms with Crippen molar-refractivity contribution in [2.24, 2.45) is 0 Å². The standard InChI is InChI=1S/C19H30N2O/c1-3-18-8-4-6-14-21(18)15-7-5-13-20-19(22)17-11-9-16(2)10-12-17/h9-12,18H,3-8,13-15H2,1-2H3,(H,20,22). The molecule has 0 radical (unpaired) electrons. The third-order valence-corrected chi connectivity index (χ3v) is 4.69. The van der Waals surface area contributed by atoms with E-state index >= 15 is 0 Å². The summed E-state index contributed by atoms with van der Waals surface area (Å²) in [5.41, 5.74) is 1.94. The number of nitrogens with zero attached hydrogens (tertiary/aromatic N) is 1. The highest BCUT2D eigenvalue weighted by molar-refractivity contribution is 5.94. The minimum absolute atomic E-state index is 0.0457. The Labute approximate surface area is 135 Å². The average Bonchev–Trinajstić information content (AvgIpc) is 2.55. The van der Waals surface area contributed by atoms with Crippen LogP contribution in [0.1, 0.15) is 61.4 Å². The lowest BCUT2D eigenvalue weighted by Gasteiger charge is -2.35. The molecular formula is C19H30N2O. The molecule has 3 heteroatoms. The van der Waals surface area contributed by atoms with Crippen molar-refractivity contribution >= 4 is 5.91 Å². The number of unbranched alkanes of at least 4 members (excludes halogenated alkanes) is 1. The summed E-state index contributed by atoms with van der Waals surface area (Å²) in [6.45, 7) is 7.54. The van der Waals surface area contributed by atoms with Gasteiger partial charge >= 0.3 is 0 Å². The Morgan fingerprint density at radius 2 is 2.00 bits per heavy atom. The zero-order valence-electron chi connectivity index (χ0n) is 14.1. The maximum Gasteiger partial charge on any atom is 0.251 e. The molecule has 1 fully saturated rings. The molecule has 2 rings (SSSR count). The van der Waals surface area contributed by atoms with Gasteiger partial charge in [-0.2, -0.15) is 0 Å². The van der Waals surface area contributed by atoms with Gasteiger partial charge in [-0.15, -0.1) is 0 Å². The minimum atomic E-state index is 0.0457. The zero-order valence-corrected chi connectivity index (χ0v) is 14.1. The normalized spacial score (nSPS) is 19.1. The van der Waals surface area contributed by atoms with Crippen molar-refractivity contribution in [3.63, 3.8) is 0 Å². The van der Waals surface area contributed by atoms with E-state index in [4.69, 9.17) is 0 Å². The predicted octanol–water partition coefficient (Wildman–Crippen LogP) is 3.77. The summed E-state index contributed by atoms with van der Waals surface area (Å²) < 4.78 is 0. The maximum atomic E-state index is 12.0. The summed E-state index contributed by atoms with van der Waals surface area (Å²) in [4.78, 5) is 14.6. The molecular weight excluding hydrogens is 272 g/mol. The Kier molecular flexibility index (Phi) is 6.91. The van der Waals surface area contributed by atoms with Crippen LogP contribution in [0.25, 0.3) is 0 Å². The van der Waals surface area contributed by atoms with Gasteiger partial charge in [0, 0.05) is 18.2 Å². The minimum Gasteiger partial charge on any atom is -0.352 e. The molecule has 3 nitrogen and oxygen atoms in total. The van der Waals surface area contributed by atoms with E-state index in [1.165, 1.54) is 50.8 Å². The average molecular weight is 302 g/mol. The van der Waals surface area contributed by atoms with E-state index in [0.717, 1.165) is 24.6 Å². The summed E-state index contributed by atoms with van der Waals surface area (Å²) in [6, 6.07) is 8.54. The van der Waals surface area contributed by atoms with Crippen molar-refractivity contribution in [2.45, 2.75) is 58.4 Å². The van der Waals surface area contributed by atoms with E-state index < -0.39 is 0 Å². The fourth-order valence-electron chi connectivity index (χ4n) is 3.27. The van der Waals surface area contributed by atoms with Gasteiger partial charge in [-0.25, -0.2) is 0 Å². The lowest BCUT2D eigenvalue weighted by atomic mass is 10.00. The zero-order chi connectivity index (χ0) is 15.8. The highest BCUT2D eigenvalue weighted by Gasteiger charge is 2.19. The van der Waals surface area contributed by atoms with Gasteiger partial charge in [0.2, 0.25) is 0 Å². The van der Waals surface area contributed by atoms with Crippen LogP contribution in [0.3, 0.4) is 0 Å². The summed E-state index contributed by atoms with van der Waals surface area (Å²) in [6.07, 6.45) is 7.60. The third kappa shape index (κ3) is 5.13. The quantitative estimate of drug-likeness (QED) is 0.778. The van der Waals surface area contributed by atoms with Crippen LogP contribution in [0, 0.1) is 6.92 Å². The number of nitrogens with one attached hydrogen (secondary N) is 1. The molecule has 1 amide bonds. The van der Waals surface area contributed by atoms with E-state index in [1.54, 1.807) is 0 Å². The van der Waals surface area contributed by atoms with E-state index in [-0.39, 0.29) is 5.91 Å². The number of hydrogen-bond donors (Lipinski definition) is 1. The number of rotatable bonds is 7. The highest BCUT2D eigenvalue weighted by atomic mass is 16.1. The van der Waals surface area contributed by atoms with Crippen molar-refractivity contribution in [1.82, 2.24) is 10.2 Å². The SMILES string of the molecule is CCC1CCCCN1CCCCNC(=O)c1ccc(C)cc1. The number of aryl methyl sites for hydroxylation is 1. The molecule has 1 heterocycles.